The first kappa shape index (κ1) is 13.1. The van der Waals surface area contributed by atoms with E-state index in [2.05, 4.69) is 21.5 Å². The molecule has 18 heavy (non-hydrogen) atoms. The largest absolute Gasteiger partial charge is 0.382 e. The highest BCUT2D eigenvalue weighted by molar-refractivity contribution is 7.11. The van der Waals surface area contributed by atoms with Crippen molar-refractivity contribution in [2.75, 3.05) is 30.8 Å². The fourth-order valence-corrected chi connectivity index (χ4v) is 3.25. The van der Waals surface area contributed by atoms with E-state index in [0.29, 0.717) is 11.4 Å². The van der Waals surface area contributed by atoms with Crippen LogP contribution in [0.25, 0.3) is 0 Å². The van der Waals surface area contributed by atoms with Crippen LogP contribution in [0.1, 0.15) is 36.5 Å². The summed E-state index contributed by atoms with van der Waals surface area (Å²) < 4.78 is 4.12. The first-order valence-electron chi connectivity index (χ1n) is 6.39. The third-order valence-corrected chi connectivity index (χ3v) is 4.56. The van der Waals surface area contributed by atoms with E-state index in [1.165, 1.54) is 30.8 Å². The molecule has 1 fully saturated rings. The Morgan fingerprint density at radius 2 is 2.22 bits per heavy atom. The average Bonchev–Trinajstić information content (AvgIpc) is 2.80. The van der Waals surface area contributed by atoms with Gasteiger partial charge < -0.3 is 16.0 Å². The highest BCUT2D eigenvalue weighted by atomic mass is 32.1. The molecule has 100 valence electrons. The van der Waals surface area contributed by atoms with Gasteiger partial charge in [-0.3, -0.25) is 4.79 Å². The van der Waals surface area contributed by atoms with Crippen LogP contribution in [0.15, 0.2) is 0 Å². The summed E-state index contributed by atoms with van der Waals surface area (Å²) in [7, 11) is 1.62. The maximum absolute atomic E-state index is 11.8. The summed E-state index contributed by atoms with van der Waals surface area (Å²) in [5.41, 5.74) is 6.33. The lowest BCUT2D eigenvalue weighted by Crippen LogP contribution is -2.34. The van der Waals surface area contributed by atoms with Crippen molar-refractivity contribution in [1.29, 1.82) is 0 Å². The minimum atomic E-state index is -0.145. The first-order valence-corrected chi connectivity index (χ1v) is 7.16. The molecule has 1 aromatic heterocycles. The van der Waals surface area contributed by atoms with Gasteiger partial charge in [0, 0.05) is 20.1 Å². The number of anilines is 2. The van der Waals surface area contributed by atoms with E-state index < -0.39 is 0 Å². The SMILES string of the molecule is CCC1CCN(c2snc(N)c2C(=O)NC)CC1. The van der Waals surface area contributed by atoms with Crippen LogP contribution in [0, 0.1) is 5.92 Å². The molecule has 6 heteroatoms. The van der Waals surface area contributed by atoms with Crippen molar-refractivity contribution in [3.63, 3.8) is 0 Å². The number of piperidine rings is 1. The molecular weight excluding hydrogens is 248 g/mol. The average molecular weight is 268 g/mol. The molecule has 2 heterocycles. The number of rotatable bonds is 3. The predicted molar refractivity (Wildman–Crippen MR) is 75.1 cm³/mol. The number of nitrogens with one attached hydrogen (secondary N) is 1. The Kier molecular flexibility index (Phi) is 4.06. The van der Waals surface area contributed by atoms with E-state index in [9.17, 15) is 4.79 Å². The number of amides is 1. The molecule has 2 rings (SSSR count). The second-order valence-electron chi connectivity index (χ2n) is 4.67. The molecule has 0 bridgehead atoms. The minimum absolute atomic E-state index is 0.145. The van der Waals surface area contributed by atoms with Crippen LogP contribution < -0.4 is 16.0 Å². The third kappa shape index (κ3) is 2.43. The minimum Gasteiger partial charge on any atom is -0.382 e. The summed E-state index contributed by atoms with van der Waals surface area (Å²) in [6.45, 7) is 4.22. The lowest BCUT2D eigenvalue weighted by atomic mass is 9.94. The van der Waals surface area contributed by atoms with Gasteiger partial charge >= 0.3 is 0 Å². The zero-order valence-corrected chi connectivity index (χ0v) is 11.7. The van der Waals surface area contributed by atoms with Gasteiger partial charge in [0.1, 0.15) is 10.6 Å². The van der Waals surface area contributed by atoms with E-state index in [-0.39, 0.29) is 5.91 Å². The van der Waals surface area contributed by atoms with Gasteiger partial charge in [-0.05, 0) is 30.3 Å². The molecule has 0 spiro atoms. The molecule has 0 aromatic carbocycles. The first-order chi connectivity index (χ1) is 8.67. The Hall–Kier alpha value is -1.30. The molecule has 1 saturated heterocycles. The molecule has 5 nitrogen and oxygen atoms in total. The molecule has 1 aliphatic rings. The van der Waals surface area contributed by atoms with Gasteiger partial charge in [-0.1, -0.05) is 13.3 Å². The standard InChI is InChI=1S/C12H20N4OS/c1-3-8-4-6-16(7-5-8)12-9(11(17)14-2)10(13)15-18-12/h8H,3-7H2,1-2H3,(H2,13,15)(H,14,17). The van der Waals surface area contributed by atoms with Crippen molar-refractivity contribution >= 4 is 28.3 Å². The summed E-state index contributed by atoms with van der Waals surface area (Å²) in [5.74, 6) is 1.01. The molecule has 0 unspecified atom stereocenters. The zero-order valence-electron chi connectivity index (χ0n) is 10.9. The monoisotopic (exact) mass is 268 g/mol. The summed E-state index contributed by atoms with van der Waals surface area (Å²) in [6, 6.07) is 0. The van der Waals surface area contributed by atoms with Gasteiger partial charge in [-0.15, -0.1) is 0 Å². The number of hydrogen-bond acceptors (Lipinski definition) is 5. The Labute approximate surface area is 112 Å². The van der Waals surface area contributed by atoms with Gasteiger partial charge in [0.15, 0.2) is 5.82 Å². The highest BCUT2D eigenvalue weighted by Crippen LogP contribution is 2.33. The van der Waals surface area contributed by atoms with Crippen LogP contribution >= 0.6 is 11.5 Å². The number of carbonyl (C=O) groups is 1. The highest BCUT2D eigenvalue weighted by Gasteiger charge is 2.26. The smallest absolute Gasteiger partial charge is 0.257 e. The van der Waals surface area contributed by atoms with Crippen LogP contribution in [0.2, 0.25) is 0 Å². The molecular formula is C12H20N4OS. The van der Waals surface area contributed by atoms with E-state index in [1.54, 1.807) is 7.05 Å². The number of nitrogen functional groups attached to an aromatic ring is 1. The number of nitrogens with zero attached hydrogens (tertiary/aromatic N) is 2. The number of carbonyl (C=O) groups excluding carboxylic acids is 1. The maximum atomic E-state index is 11.8. The van der Waals surface area contributed by atoms with E-state index in [4.69, 9.17) is 5.73 Å². The van der Waals surface area contributed by atoms with Gasteiger partial charge in [-0.2, -0.15) is 4.37 Å². The molecule has 0 saturated carbocycles. The van der Waals surface area contributed by atoms with Crippen LogP contribution in [0.5, 0.6) is 0 Å². The normalized spacial score (nSPS) is 16.9. The Bertz CT molecular complexity index is 424. The van der Waals surface area contributed by atoms with E-state index in [1.807, 2.05) is 0 Å². The van der Waals surface area contributed by atoms with E-state index in [0.717, 1.165) is 24.0 Å². The fraction of sp³-hybridized carbons (Fsp3) is 0.667. The number of nitrogens with two attached hydrogens (primary N) is 1. The lowest BCUT2D eigenvalue weighted by Gasteiger charge is -2.32. The van der Waals surface area contributed by atoms with Gasteiger partial charge in [0.05, 0.1) is 0 Å². The topological polar surface area (TPSA) is 71.2 Å². The number of aromatic nitrogens is 1. The lowest BCUT2D eigenvalue weighted by molar-refractivity contribution is 0.0964. The van der Waals surface area contributed by atoms with Gasteiger partial charge in [0.2, 0.25) is 0 Å². The van der Waals surface area contributed by atoms with E-state index >= 15 is 0 Å². The second kappa shape index (κ2) is 5.56. The zero-order chi connectivity index (χ0) is 13.1. The maximum Gasteiger partial charge on any atom is 0.257 e. The Morgan fingerprint density at radius 3 is 2.78 bits per heavy atom. The van der Waals surface area contributed by atoms with Crippen LogP contribution in [-0.2, 0) is 0 Å². The van der Waals surface area contributed by atoms with Crippen molar-refractivity contribution in [2.45, 2.75) is 26.2 Å². The van der Waals surface area contributed by atoms with Crippen molar-refractivity contribution in [1.82, 2.24) is 9.69 Å². The number of hydrogen-bond donors (Lipinski definition) is 2. The molecule has 1 amide bonds. The molecule has 0 radical (unpaired) electrons. The van der Waals surface area contributed by atoms with Crippen molar-refractivity contribution in [3.8, 4) is 0 Å². The van der Waals surface area contributed by atoms with Crippen LogP contribution in [0.4, 0.5) is 10.8 Å². The molecule has 1 aliphatic heterocycles. The van der Waals surface area contributed by atoms with Crippen molar-refractivity contribution in [3.05, 3.63) is 5.56 Å². The quantitative estimate of drug-likeness (QED) is 0.875. The molecule has 1 aromatic rings. The Morgan fingerprint density at radius 1 is 1.56 bits per heavy atom. The summed E-state index contributed by atoms with van der Waals surface area (Å²) >= 11 is 1.33. The van der Waals surface area contributed by atoms with Crippen molar-refractivity contribution in [2.24, 2.45) is 5.92 Å². The molecule has 0 aliphatic carbocycles. The predicted octanol–water partition coefficient (Wildman–Crippen LogP) is 1.71. The Balaban J connectivity index is 2.17. The fourth-order valence-electron chi connectivity index (χ4n) is 2.39. The summed E-state index contributed by atoms with van der Waals surface area (Å²) in [6.07, 6.45) is 3.60. The van der Waals surface area contributed by atoms with Gasteiger partial charge in [0.25, 0.3) is 5.91 Å². The van der Waals surface area contributed by atoms with Crippen LogP contribution in [0.3, 0.4) is 0 Å². The van der Waals surface area contributed by atoms with Crippen molar-refractivity contribution < 1.29 is 4.79 Å². The molecule has 0 atom stereocenters. The van der Waals surface area contributed by atoms with Gasteiger partial charge in [-0.25, -0.2) is 0 Å². The third-order valence-electron chi connectivity index (χ3n) is 3.63. The molecule has 3 N–H and O–H groups in total. The summed E-state index contributed by atoms with van der Waals surface area (Å²) in [4.78, 5) is 14.1. The second-order valence-corrected chi connectivity index (χ2v) is 5.42. The summed E-state index contributed by atoms with van der Waals surface area (Å²) in [5, 5.41) is 3.55. The van der Waals surface area contributed by atoms with Crippen LogP contribution in [-0.4, -0.2) is 30.4 Å².